The van der Waals surface area contributed by atoms with Crippen LogP contribution in [0.3, 0.4) is 0 Å². The lowest BCUT2D eigenvalue weighted by Crippen LogP contribution is -2.35. The molecule has 0 radical (unpaired) electrons. The van der Waals surface area contributed by atoms with Crippen LogP contribution in [0.2, 0.25) is 0 Å². The molecule has 18 heavy (non-hydrogen) atoms. The Balaban J connectivity index is 0. The van der Waals surface area contributed by atoms with Crippen molar-refractivity contribution in [2.75, 3.05) is 27.2 Å². The number of likely N-dealkylation sites (N-methyl/N-ethyl adjacent to an activating group) is 1. The Hall–Kier alpha value is -0.330. The molecule has 1 amide bonds. The Labute approximate surface area is 125 Å². The van der Waals surface area contributed by atoms with Gasteiger partial charge in [0.05, 0.1) is 6.04 Å². The number of nitrogens with zero attached hydrogens (tertiary/aromatic N) is 1. The van der Waals surface area contributed by atoms with Gasteiger partial charge in [-0.05, 0) is 36.5 Å². The number of carbonyl (C=O) groups is 1. The van der Waals surface area contributed by atoms with E-state index < -0.39 is 0 Å². The Morgan fingerprint density at radius 3 is 2.61 bits per heavy atom. The SMILES string of the molecule is CN(C)C(CNC(=O)CCN)c1ccsc1.Cl.Cl. The van der Waals surface area contributed by atoms with Crippen LogP contribution in [0.25, 0.3) is 0 Å². The van der Waals surface area contributed by atoms with E-state index in [4.69, 9.17) is 5.73 Å². The van der Waals surface area contributed by atoms with Crippen LogP contribution in [0.4, 0.5) is 0 Å². The predicted octanol–water partition coefficient (Wildman–Crippen LogP) is 1.66. The van der Waals surface area contributed by atoms with E-state index in [0.717, 1.165) is 0 Å². The standard InChI is InChI=1S/C11H19N3OS.2ClH/c1-14(2)10(9-4-6-16-8-9)7-13-11(15)3-5-12;;/h4,6,8,10H,3,5,7,12H2,1-2H3,(H,13,15);2*1H. The summed E-state index contributed by atoms with van der Waals surface area (Å²) < 4.78 is 0. The van der Waals surface area contributed by atoms with Gasteiger partial charge >= 0.3 is 0 Å². The smallest absolute Gasteiger partial charge is 0.221 e. The van der Waals surface area contributed by atoms with Crippen molar-refractivity contribution in [2.24, 2.45) is 5.73 Å². The lowest BCUT2D eigenvalue weighted by Gasteiger charge is -2.23. The van der Waals surface area contributed by atoms with Crippen molar-refractivity contribution in [1.82, 2.24) is 10.2 Å². The first-order valence-electron chi connectivity index (χ1n) is 5.30. The molecule has 3 N–H and O–H groups in total. The lowest BCUT2D eigenvalue weighted by molar-refractivity contribution is -0.121. The molecule has 0 aromatic carbocycles. The number of rotatable bonds is 6. The van der Waals surface area contributed by atoms with Gasteiger partial charge in [0.25, 0.3) is 0 Å². The van der Waals surface area contributed by atoms with E-state index >= 15 is 0 Å². The van der Waals surface area contributed by atoms with Gasteiger partial charge in [-0.3, -0.25) is 4.79 Å². The highest BCUT2D eigenvalue weighted by molar-refractivity contribution is 7.07. The van der Waals surface area contributed by atoms with Crippen LogP contribution in [0.1, 0.15) is 18.0 Å². The third-order valence-electron chi connectivity index (χ3n) is 2.42. The van der Waals surface area contributed by atoms with Gasteiger partial charge in [0.15, 0.2) is 0 Å². The van der Waals surface area contributed by atoms with Crippen LogP contribution < -0.4 is 11.1 Å². The van der Waals surface area contributed by atoms with E-state index in [2.05, 4.69) is 21.7 Å². The van der Waals surface area contributed by atoms with Crippen molar-refractivity contribution < 1.29 is 4.79 Å². The van der Waals surface area contributed by atoms with Crippen LogP contribution in [0.15, 0.2) is 16.8 Å². The summed E-state index contributed by atoms with van der Waals surface area (Å²) in [7, 11) is 4.02. The molecule has 1 unspecified atom stereocenters. The molecule has 4 nitrogen and oxygen atoms in total. The summed E-state index contributed by atoms with van der Waals surface area (Å²) in [5, 5.41) is 7.06. The maximum absolute atomic E-state index is 11.3. The summed E-state index contributed by atoms with van der Waals surface area (Å²) in [6.07, 6.45) is 0.393. The van der Waals surface area contributed by atoms with Crippen LogP contribution in [-0.2, 0) is 4.79 Å². The van der Waals surface area contributed by atoms with Gasteiger partial charge in [0.1, 0.15) is 0 Å². The van der Waals surface area contributed by atoms with Crippen LogP contribution in [0, 0.1) is 0 Å². The fraction of sp³-hybridized carbons (Fsp3) is 0.545. The quantitative estimate of drug-likeness (QED) is 0.839. The fourth-order valence-corrected chi connectivity index (χ4v) is 2.20. The van der Waals surface area contributed by atoms with Crippen molar-refractivity contribution >= 4 is 42.1 Å². The average molecular weight is 314 g/mol. The van der Waals surface area contributed by atoms with E-state index in [1.807, 2.05) is 19.5 Å². The van der Waals surface area contributed by atoms with Gasteiger partial charge < -0.3 is 16.0 Å². The molecule has 0 bridgehead atoms. The van der Waals surface area contributed by atoms with Crippen LogP contribution >= 0.6 is 36.2 Å². The number of thiophene rings is 1. The van der Waals surface area contributed by atoms with Gasteiger partial charge in [-0.2, -0.15) is 11.3 Å². The summed E-state index contributed by atoms with van der Waals surface area (Å²) >= 11 is 1.67. The Bertz CT molecular complexity index is 320. The number of halogens is 2. The maximum Gasteiger partial charge on any atom is 0.221 e. The van der Waals surface area contributed by atoms with E-state index in [9.17, 15) is 4.79 Å². The van der Waals surface area contributed by atoms with Gasteiger partial charge in [-0.15, -0.1) is 24.8 Å². The average Bonchev–Trinajstić information content (AvgIpc) is 2.71. The molecule has 0 fully saturated rings. The zero-order chi connectivity index (χ0) is 12.0. The topological polar surface area (TPSA) is 58.4 Å². The third kappa shape index (κ3) is 6.56. The summed E-state index contributed by atoms with van der Waals surface area (Å²) in [5.41, 5.74) is 6.56. The van der Waals surface area contributed by atoms with Crippen molar-refractivity contribution in [3.63, 3.8) is 0 Å². The second kappa shape index (κ2) is 10.6. The highest BCUT2D eigenvalue weighted by Gasteiger charge is 2.15. The highest BCUT2D eigenvalue weighted by atomic mass is 35.5. The third-order valence-corrected chi connectivity index (χ3v) is 3.12. The maximum atomic E-state index is 11.3. The van der Waals surface area contributed by atoms with E-state index in [1.165, 1.54) is 5.56 Å². The molecule has 1 rings (SSSR count). The number of hydrogen-bond acceptors (Lipinski definition) is 4. The number of nitrogens with one attached hydrogen (secondary N) is 1. The number of carbonyl (C=O) groups excluding carboxylic acids is 1. The molecular formula is C11H21Cl2N3OS. The molecular weight excluding hydrogens is 293 g/mol. The van der Waals surface area contributed by atoms with Gasteiger partial charge in [0.2, 0.25) is 5.91 Å². The van der Waals surface area contributed by atoms with Gasteiger partial charge in [-0.25, -0.2) is 0 Å². The first kappa shape index (κ1) is 20.0. The number of amides is 1. The monoisotopic (exact) mass is 313 g/mol. The Kier molecular flexibility index (Phi) is 11.8. The largest absolute Gasteiger partial charge is 0.354 e. The first-order chi connectivity index (χ1) is 7.65. The van der Waals surface area contributed by atoms with E-state index in [1.54, 1.807) is 11.3 Å². The molecule has 7 heteroatoms. The fourth-order valence-electron chi connectivity index (χ4n) is 1.49. The zero-order valence-electron chi connectivity index (χ0n) is 10.6. The van der Waals surface area contributed by atoms with Crippen molar-refractivity contribution in [3.8, 4) is 0 Å². The normalized spacial score (nSPS) is 11.3. The molecule has 1 aromatic heterocycles. The van der Waals surface area contributed by atoms with Gasteiger partial charge in [-0.1, -0.05) is 0 Å². The molecule has 106 valence electrons. The Morgan fingerprint density at radius 1 is 1.50 bits per heavy atom. The zero-order valence-corrected chi connectivity index (χ0v) is 13.0. The van der Waals surface area contributed by atoms with Crippen LogP contribution in [0.5, 0.6) is 0 Å². The molecule has 0 aliphatic carbocycles. The van der Waals surface area contributed by atoms with Crippen molar-refractivity contribution in [2.45, 2.75) is 12.5 Å². The van der Waals surface area contributed by atoms with Crippen molar-refractivity contribution in [3.05, 3.63) is 22.4 Å². The molecule has 0 saturated carbocycles. The number of hydrogen-bond donors (Lipinski definition) is 2. The summed E-state index contributed by atoms with van der Waals surface area (Å²) in [6, 6.07) is 2.32. The first-order valence-corrected chi connectivity index (χ1v) is 6.24. The molecule has 0 spiro atoms. The Morgan fingerprint density at radius 2 is 2.17 bits per heavy atom. The summed E-state index contributed by atoms with van der Waals surface area (Å²) in [4.78, 5) is 13.4. The second-order valence-corrected chi connectivity index (χ2v) is 4.66. The van der Waals surface area contributed by atoms with E-state index in [-0.39, 0.29) is 36.8 Å². The minimum Gasteiger partial charge on any atom is -0.354 e. The predicted molar refractivity (Wildman–Crippen MR) is 81.9 cm³/mol. The van der Waals surface area contributed by atoms with Crippen LogP contribution in [-0.4, -0.2) is 38.0 Å². The van der Waals surface area contributed by atoms with E-state index in [0.29, 0.717) is 19.5 Å². The summed E-state index contributed by atoms with van der Waals surface area (Å²) in [6.45, 7) is 1.03. The van der Waals surface area contributed by atoms with Gasteiger partial charge in [0, 0.05) is 19.5 Å². The molecule has 1 atom stereocenters. The lowest BCUT2D eigenvalue weighted by atomic mass is 10.1. The second-order valence-electron chi connectivity index (χ2n) is 3.88. The minimum absolute atomic E-state index is 0. The molecule has 1 heterocycles. The highest BCUT2D eigenvalue weighted by Crippen LogP contribution is 2.19. The number of nitrogens with two attached hydrogens (primary N) is 1. The molecule has 1 aromatic rings. The molecule has 0 aliphatic rings. The van der Waals surface area contributed by atoms with Crippen molar-refractivity contribution in [1.29, 1.82) is 0 Å². The molecule has 0 aliphatic heterocycles. The molecule has 0 saturated heterocycles. The minimum atomic E-state index is 0. The summed E-state index contributed by atoms with van der Waals surface area (Å²) in [5.74, 6) is 0.0181.